The van der Waals surface area contributed by atoms with Crippen LogP contribution in [0.25, 0.3) is 0 Å². The van der Waals surface area contributed by atoms with E-state index < -0.39 is 17.9 Å². The molecule has 2 amide bonds. The van der Waals surface area contributed by atoms with Gasteiger partial charge in [-0.05, 0) is 30.2 Å². The van der Waals surface area contributed by atoms with Crippen molar-refractivity contribution in [2.45, 2.75) is 26.4 Å². The molecule has 0 aliphatic heterocycles. The number of nitrogens with one attached hydrogen (secondary N) is 2. The van der Waals surface area contributed by atoms with Crippen molar-refractivity contribution in [1.29, 1.82) is 0 Å². The van der Waals surface area contributed by atoms with E-state index >= 15 is 0 Å². The number of benzene rings is 1. The van der Waals surface area contributed by atoms with Gasteiger partial charge in [0.25, 0.3) is 5.91 Å². The molecule has 0 saturated heterocycles. The molecular weight excluding hydrogens is 376 g/mol. The monoisotopic (exact) mass is 394 g/mol. The highest BCUT2D eigenvalue weighted by molar-refractivity contribution is 7.13. The van der Waals surface area contributed by atoms with Gasteiger partial charge in [-0.25, -0.2) is 4.79 Å². The standard InChI is InChI=1S/C18H19ClN2O4S/c1-10(2)15(21-16(22)12-5-3-4-6-13(12)19)17(23)20-9-11-7-8-14(26-11)18(24)25/h3-8,10,15H,9H2,1-2H3,(H,20,23)(H,21,22)(H,24,25). The summed E-state index contributed by atoms with van der Waals surface area (Å²) in [4.78, 5) is 36.7. The lowest BCUT2D eigenvalue weighted by Gasteiger charge is -2.22. The van der Waals surface area contributed by atoms with Gasteiger partial charge in [0.05, 0.1) is 17.1 Å². The molecule has 6 nitrogen and oxygen atoms in total. The molecule has 26 heavy (non-hydrogen) atoms. The number of halogens is 1. The Morgan fingerprint density at radius 3 is 2.42 bits per heavy atom. The first kappa shape index (κ1) is 19.9. The average Bonchev–Trinajstić information content (AvgIpc) is 3.07. The molecule has 2 aromatic rings. The quantitative estimate of drug-likeness (QED) is 0.672. The van der Waals surface area contributed by atoms with Gasteiger partial charge in [-0.2, -0.15) is 0 Å². The van der Waals surface area contributed by atoms with E-state index in [4.69, 9.17) is 16.7 Å². The first-order valence-corrected chi connectivity index (χ1v) is 9.14. The van der Waals surface area contributed by atoms with Crippen molar-refractivity contribution in [2.75, 3.05) is 0 Å². The minimum absolute atomic E-state index is 0.139. The fourth-order valence-electron chi connectivity index (χ4n) is 2.27. The summed E-state index contributed by atoms with van der Waals surface area (Å²) in [6.45, 7) is 3.84. The largest absolute Gasteiger partial charge is 0.477 e. The van der Waals surface area contributed by atoms with Gasteiger partial charge in [0.2, 0.25) is 5.91 Å². The first-order chi connectivity index (χ1) is 12.3. The van der Waals surface area contributed by atoms with Crippen LogP contribution >= 0.6 is 22.9 Å². The Morgan fingerprint density at radius 2 is 1.85 bits per heavy atom. The summed E-state index contributed by atoms with van der Waals surface area (Å²) in [7, 11) is 0. The van der Waals surface area contributed by atoms with Crippen LogP contribution in [-0.4, -0.2) is 28.9 Å². The summed E-state index contributed by atoms with van der Waals surface area (Å²) in [6, 6.07) is 9.02. The fraction of sp³-hybridized carbons (Fsp3) is 0.278. The molecule has 138 valence electrons. The predicted octanol–water partition coefficient (Wildman–Crippen LogP) is 3.17. The summed E-state index contributed by atoms with van der Waals surface area (Å²) in [5, 5.41) is 14.7. The molecule has 0 saturated carbocycles. The summed E-state index contributed by atoms with van der Waals surface area (Å²) >= 11 is 7.12. The van der Waals surface area contributed by atoms with Gasteiger partial charge in [-0.15, -0.1) is 11.3 Å². The molecule has 0 aliphatic rings. The first-order valence-electron chi connectivity index (χ1n) is 7.94. The van der Waals surface area contributed by atoms with E-state index in [1.54, 1.807) is 30.3 Å². The lowest BCUT2D eigenvalue weighted by molar-refractivity contribution is -0.124. The highest BCUT2D eigenvalue weighted by Crippen LogP contribution is 2.17. The highest BCUT2D eigenvalue weighted by Gasteiger charge is 2.25. The van der Waals surface area contributed by atoms with Crippen LogP contribution in [-0.2, 0) is 11.3 Å². The van der Waals surface area contributed by atoms with Gasteiger partial charge in [-0.3, -0.25) is 9.59 Å². The van der Waals surface area contributed by atoms with Gasteiger partial charge in [-0.1, -0.05) is 37.6 Å². The van der Waals surface area contributed by atoms with E-state index in [0.29, 0.717) is 10.6 Å². The lowest BCUT2D eigenvalue weighted by Crippen LogP contribution is -2.49. The number of carboxylic acid groups (broad SMARTS) is 1. The number of thiophene rings is 1. The van der Waals surface area contributed by atoms with Crippen LogP contribution in [0.1, 0.15) is 38.8 Å². The van der Waals surface area contributed by atoms with E-state index in [-0.39, 0.29) is 23.2 Å². The van der Waals surface area contributed by atoms with Crippen LogP contribution in [0.5, 0.6) is 0 Å². The number of carbonyl (C=O) groups excluding carboxylic acids is 2. The summed E-state index contributed by atoms with van der Waals surface area (Å²) in [5.74, 6) is -1.90. The number of carbonyl (C=O) groups is 3. The van der Waals surface area contributed by atoms with E-state index in [1.165, 1.54) is 6.07 Å². The van der Waals surface area contributed by atoms with Crippen LogP contribution in [0, 0.1) is 5.92 Å². The van der Waals surface area contributed by atoms with Gasteiger partial charge in [0.1, 0.15) is 10.9 Å². The molecule has 1 heterocycles. The minimum atomic E-state index is -1.00. The Kier molecular flexibility index (Phi) is 6.76. The van der Waals surface area contributed by atoms with Crippen LogP contribution in [0.15, 0.2) is 36.4 Å². The van der Waals surface area contributed by atoms with E-state index in [1.807, 2.05) is 13.8 Å². The number of rotatable bonds is 7. The fourth-order valence-corrected chi connectivity index (χ4v) is 3.28. The molecule has 8 heteroatoms. The Balaban J connectivity index is 2.01. The third kappa shape index (κ3) is 5.06. The van der Waals surface area contributed by atoms with Crippen molar-refractivity contribution < 1.29 is 19.5 Å². The Hall–Kier alpha value is -2.38. The molecule has 3 N–H and O–H groups in total. The second-order valence-electron chi connectivity index (χ2n) is 5.96. The Labute approximate surface area is 160 Å². The normalized spacial score (nSPS) is 11.8. The highest BCUT2D eigenvalue weighted by atomic mass is 35.5. The second kappa shape index (κ2) is 8.82. The maximum Gasteiger partial charge on any atom is 0.345 e. The number of hydrogen-bond acceptors (Lipinski definition) is 4. The number of carboxylic acids is 1. The minimum Gasteiger partial charge on any atom is -0.477 e. The Bertz CT molecular complexity index is 819. The zero-order valence-electron chi connectivity index (χ0n) is 14.3. The molecule has 0 aliphatic carbocycles. The molecule has 0 fully saturated rings. The third-order valence-electron chi connectivity index (χ3n) is 3.66. The van der Waals surface area contributed by atoms with Crippen molar-refractivity contribution in [1.82, 2.24) is 10.6 Å². The van der Waals surface area contributed by atoms with Crippen LogP contribution in [0.4, 0.5) is 0 Å². The zero-order valence-corrected chi connectivity index (χ0v) is 15.9. The molecule has 0 radical (unpaired) electrons. The van der Waals surface area contributed by atoms with Crippen molar-refractivity contribution in [3.05, 3.63) is 56.7 Å². The summed E-state index contributed by atoms with van der Waals surface area (Å²) < 4.78 is 0. The predicted molar refractivity (Wildman–Crippen MR) is 101 cm³/mol. The van der Waals surface area contributed by atoms with E-state index in [0.717, 1.165) is 16.2 Å². The molecule has 2 rings (SSSR count). The van der Waals surface area contributed by atoms with Crippen molar-refractivity contribution >= 4 is 40.7 Å². The summed E-state index contributed by atoms with van der Waals surface area (Å²) in [6.07, 6.45) is 0. The Morgan fingerprint density at radius 1 is 1.15 bits per heavy atom. The molecule has 0 spiro atoms. The topological polar surface area (TPSA) is 95.5 Å². The number of amides is 2. The van der Waals surface area contributed by atoms with Crippen LogP contribution in [0.3, 0.4) is 0 Å². The third-order valence-corrected chi connectivity index (χ3v) is 5.07. The van der Waals surface area contributed by atoms with Crippen molar-refractivity contribution in [2.24, 2.45) is 5.92 Å². The number of hydrogen-bond donors (Lipinski definition) is 3. The molecule has 0 bridgehead atoms. The molecule has 1 aromatic carbocycles. The molecule has 1 atom stereocenters. The van der Waals surface area contributed by atoms with Gasteiger partial charge in [0.15, 0.2) is 0 Å². The second-order valence-corrected chi connectivity index (χ2v) is 7.54. The molecular formula is C18H19ClN2O4S. The maximum absolute atomic E-state index is 12.5. The SMILES string of the molecule is CC(C)C(NC(=O)c1ccccc1Cl)C(=O)NCc1ccc(C(=O)O)s1. The lowest BCUT2D eigenvalue weighted by atomic mass is 10.0. The van der Waals surface area contributed by atoms with Crippen molar-refractivity contribution in [3.8, 4) is 0 Å². The van der Waals surface area contributed by atoms with Gasteiger partial charge < -0.3 is 15.7 Å². The maximum atomic E-state index is 12.5. The van der Waals surface area contributed by atoms with Gasteiger partial charge >= 0.3 is 5.97 Å². The van der Waals surface area contributed by atoms with E-state index in [2.05, 4.69) is 10.6 Å². The molecule has 1 aromatic heterocycles. The smallest absolute Gasteiger partial charge is 0.345 e. The van der Waals surface area contributed by atoms with Crippen LogP contribution in [0.2, 0.25) is 5.02 Å². The average molecular weight is 395 g/mol. The van der Waals surface area contributed by atoms with Gasteiger partial charge in [0, 0.05) is 4.88 Å². The van der Waals surface area contributed by atoms with Crippen LogP contribution < -0.4 is 10.6 Å². The van der Waals surface area contributed by atoms with E-state index in [9.17, 15) is 14.4 Å². The number of aromatic carboxylic acids is 1. The van der Waals surface area contributed by atoms with Crippen molar-refractivity contribution in [3.63, 3.8) is 0 Å². The summed E-state index contributed by atoms with van der Waals surface area (Å²) in [5.41, 5.74) is 0.303. The molecule has 1 unspecified atom stereocenters. The zero-order chi connectivity index (χ0) is 19.3.